The van der Waals surface area contributed by atoms with Crippen LogP contribution in [0.5, 0.6) is 0 Å². The van der Waals surface area contributed by atoms with Gasteiger partial charge in [0.15, 0.2) is 0 Å². The average molecular weight is 284 g/mol. The van der Waals surface area contributed by atoms with Crippen LogP contribution in [-0.2, 0) is 0 Å². The van der Waals surface area contributed by atoms with Crippen LogP contribution < -0.4 is 0 Å². The fourth-order valence-electron chi connectivity index (χ4n) is 2.95. The molecule has 0 bridgehead atoms. The summed E-state index contributed by atoms with van der Waals surface area (Å²) < 4.78 is 0. The minimum Gasteiger partial charge on any atom is -0.304 e. The highest BCUT2D eigenvalue weighted by Gasteiger charge is 2.15. The van der Waals surface area contributed by atoms with Crippen molar-refractivity contribution in [2.24, 2.45) is 0 Å². The highest BCUT2D eigenvalue weighted by atomic mass is 15.3. The van der Waals surface area contributed by atoms with E-state index in [9.17, 15) is 0 Å². The maximum atomic E-state index is 2.59. The molecule has 0 aromatic heterocycles. The normalized spacial score (nSPS) is 23.6. The predicted molar refractivity (Wildman–Crippen MR) is 89.4 cm³/mol. The molecule has 2 heterocycles. The first-order valence-electron chi connectivity index (χ1n) is 8.67. The van der Waals surface area contributed by atoms with Crippen molar-refractivity contribution in [1.82, 2.24) is 14.7 Å². The van der Waals surface area contributed by atoms with E-state index >= 15 is 0 Å². The largest absolute Gasteiger partial charge is 0.304 e. The lowest BCUT2D eigenvalue weighted by Gasteiger charge is -2.34. The average Bonchev–Trinajstić information content (AvgIpc) is 2.69. The first-order valence-corrected chi connectivity index (χ1v) is 8.67. The molecule has 0 spiro atoms. The van der Waals surface area contributed by atoms with E-state index in [4.69, 9.17) is 0 Å². The lowest BCUT2D eigenvalue weighted by molar-refractivity contribution is 0.126. The van der Waals surface area contributed by atoms with Crippen LogP contribution in [0.25, 0.3) is 0 Å². The molecule has 0 N–H and O–H groups in total. The number of rotatable bonds is 2. The number of likely N-dealkylation sites (tertiary alicyclic amines) is 1. The predicted octanol–water partition coefficient (Wildman–Crippen LogP) is 2.91. The molecule has 0 radical (unpaired) electrons. The van der Waals surface area contributed by atoms with Crippen molar-refractivity contribution in [3.05, 3.63) is 0 Å². The molecule has 20 heavy (non-hydrogen) atoms. The van der Waals surface area contributed by atoms with Crippen LogP contribution in [-0.4, -0.2) is 73.1 Å². The third-order valence-corrected chi connectivity index (χ3v) is 4.64. The summed E-state index contributed by atoms with van der Waals surface area (Å²) in [5.74, 6) is 0. The van der Waals surface area contributed by atoms with Crippen molar-refractivity contribution in [2.45, 2.75) is 65.5 Å². The molecule has 2 rings (SSSR count). The summed E-state index contributed by atoms with van der Waals surface area (Å²) in [5.41, 5.74) is 0. The van der Waals surface area contributed by atoms with Crippen molar-refractivity contribution in [3.63, 3.8) is 0 Å². The van der Waals surface area contributed by atoms with Gasteiger partial charge >= 0.3 is 0 Å². The summed E-state index contributed by atoms with van der Waals surface area (Å²) in [7, 11) is 2.19. The molecule has 2 saturated heterocycles. The number of hydrogen-bond donors (Lipinski definition) is 0. The van der Waals surface area contributed by atoms with Gasteiger partial charge in [-0.15, -0.1) is 0 Å². The van der Waals surface area contributed by atoms with E-state index in [0.717, 1.165) is 12.1 Å². The molecule has 0 aromatic carbocycles. The van der Waals surface area contributed by atoms with Gasteiger partial charge in [0.05, 0.1) is 0 Å². The van der Waals surface area contributed by atoms with Gasteiger partial charge in [0.2, 0.25) is 0 Å². The Hall–Kier alpha value is -0.120. The summed E-state index contributed by atoms with van der Waals surface area (Å²) in [6.07, 6.45) is 5.72. The van der Waals surface area contributed by atoms with Gasteiger partial charge in [-0.2, -0.15) is 0 Å². The Morgan fingerprint density at radius 3 is 1.35 bits per heavy atom. The van der Waals surface area contributed by atoms with Gasteiger partial charge in [0.25, 0.3) is 0 Å². The third-order valence-electron chi connectivity index (χ3n) is 4.64. The van der Waals surface area contributed by atoms with Crippen molar-refractivity contribution < 1.29 is 0 Å². The first-order chi connectivity index (χ1) is 9.50. The minimum atomic E-state index is 0.730. The van der Waals surface area contributed by atoms with Crippen LogP contribution >= 0.6 is 0 Å². The Labute approximate surface area is 127 Å². The molecule has 0 aliphatic carbocycles. The topological polar surface area (TPSA) is 9.72 Å². The summed E-state index contributed by atoms with van der Waals surface area (Å²) in [5, 5.41) is 0. The zero-order chi connectivity index (χ0) is 15.0. The standard InChI is InChI=1S/C9H19N.C8H18N2/c1-9(2)10-7-5-3-4-6-8-10;1-8(2)10-6-4-9(3)5-7-10/h9H,3-8H2,1-2H3;8H,4-7H2,1-3H3. The van der Waals surface area contributed by atoms with Crippen LogP contribution in [0.2, 0.25) is 0 Å². The van der Waals surface area contributed by atoms with E-state index in [-0.39, 0.29) is 0 Å². The summed E-state index contributed by atoms with van der Waals surface area (Å²) in [6.45, 7) is 16.8. The second-order valence-electron chi connectivity index (χ2n) is 6.98. The van der Waals surface area contributed by atoms with Crippen molar-refractivity contribution in [2.75, 3.05) is 46.3 Å². The fourth-order valence-corrected chi connectivity index (χ4v) is 2.95. The zero-order valence-electron chi connectivity index (χ0n) is 14.6. The van der Waals surface area contributed by atoms with Crippen molar-refractivity contribution in [1.29, 1.82) is 0 Å². The molecule has 3 nitrogen and oxygen atoms in total. The van der Waals surface area contributed by atoms with Gasteiger partial charge in [-0.05, 0) is 60.7 Å². The Balaban J connectivity index is 0.000000200. The number of hydrogen-bond acceptors (Lipinski definition) is 3. The fraction of sp³-hybridized carbons (Fsp3) is 1.00. The molecule has 0 atom stereocenters. The molecule has 2 aliphatic heterocycles. The maximum Gasteiger partial charge on any atom is 0.0112 e. The summed E-state index contributed by atoms with van der Waals surface area (Å²) in [6, 6.07) is 1.49. The number of nitrogens with zero attached hydrogens (tertiary/aromatic N) is 3. The molecular formula is C17H37N3. The van der Waals surface area contributed by atoms with Crippen LogP contribution in [0.1, 0.15) is 53.4 Å². The van der Waals surface area contributed by atoms with Gasteiger partial charge in [-0.3, -0.25) is 4.90 Å². The van der Waals surface area contributed by atoms with Crippen molar-refractivity contribution >= 4 is 0 Å². The van der Waals surface area contributed by atoms with Gasteiger partial charge in [-0.1, -0.05) is 12.8 Å². The molecule has 3 heteroatoms. The Morgan fingerprint density at radius 1 is 0.550 bits per heavy atom. The SMILES string of the molecule is CC(C)N1CCCCCC1.CC(C)N1CCN(C)CC1. The quantitative estimate of drug-likeness (QED) is 0.771. The number of piperazine rings is 1. The molecule has 120 valence electrons. The van der Waals surface area contributed by atoms with Crippen LogP contribution in [0, 0.1) is 0 Å². The molecule has 2 aliphatic rings. The lowest BCUT2D eigenvalue weighted by Crippen LogP contribution is -2.47. The minimum absolute atomic E-state index is 0.730. The van der Waals surface area contributed by atoms with Crippen LogP contribution in [0.15, 0.2) is 0 Å². The van der Waals surface area contributed by atoms with Crippen LogP contribution in [0.4, 0.5) is 0 Å². The second-order valence-corrected chi connectivity index (χ2v) is 6.98. The summed E-state index contributed by atoms with van der Waals surface area (Å²) in [4.78, 5) is 7.51. The number of likely N-dealkylation sites (N-methyl/N-ethyl adjacent to an activating group) is 1. The first kappa shape index (κ1) is 17.9. The van der Waals surface area contributed by atoms with Gasteiger partial charge in [-0.25, -0.2) is 0 Å². The Bertz CT molecular complexity index is 224. The third kappa shape index (κ3) is 7.05. The maximum absolute atomic E-state index is 2.59. The van der Waals surface area contributed by atoms with E-state index in [1.165, 1.54) is 65.0 Å². The summed E-state index contributed by atoms with van der Waals surface area (Å²) >= 11 is 0. The second kappa shape index (κ2) is 9.75. The monoisotopic (exact) mass is 283 g/mol. The highest BCUT2D eigenvalue weighted by Crippen LogP contribution is 2.11. The highest BCUT2D eigenvalue weighted by molar-refractivity contribution is 4.71. The molecule has 2 fully saturated rings. The van der Waals surface area contributed by atoms with Gasteiger partial charge < -0.3 is 9.80 Å². The van der Waals surface area contributed by atoms with E-state index in [0.29, 0.717) is 0 Å². The zero-order valence-corrected chi connectivity index (χ0v) is 14.6. The van der Waals surface area contributed by atoms with Gasteiger partial charge in [0.1, 0.15) is 0 Å². The Kier molecular flexibility index (Phi) is 8.74. The smallest absolute Gasteiger partial charge is 0.0112 e. The lowest BCUT2D eigenvalue weighted by atomic mass is 10.2. The molecule has 0 aromatic rings. The van der Waals surface area contributed by atoms with E-state index < -0.39 is 0 Å². The van der Waals surface area contributed by atoms with E-state index in [1.54, 1.807) is 0 Å². The molecular weight excluding hydrogens is 246 g/mol. The van der Waals surface area contributed by atoms with E-state index in [1.807, 2.05) is 0 Å². The van der Waals surface area contributed by atoms with Crippen LogP contribution in [0.3, 0.4) is 0 Å². The molecule has 0 amide bonds. The molecule has 0 unspecified atom stereocenters. The van der Waals surface area contributed by atoms with E-state index in [2.05, 4.69) is 49.4 Å². The van der Waals surface area contributed by atoms with Crippen molar-refractivity contribution in [3.8, 4) is 0 Å². The van der Waals surface area contributed by atoms with Gasteiger partial charge in [0, 0.05) is 38.3 Å². The molecule has 0 saturated carbocycles. The Morgan fingerprint density at radius 2 is 0.950 bits per heavy atom.